The normalized spacial score (nSPS) is 17.7. The third-order valence-electron chi connectivity index (χ3n) is 13.2. The van der Waals surface area contributed by atoms with Crippen LogP contribution >= 0.6 is 11.8 Å². The number of thioether (sulfide) groups is 1. The minimum Gasteiger partial charge on any atom is -0.497 e. The lowest BCUT2D eigenvalue weighted by molar-refractivity contribution is 0.0642. The van der Waals surface area contributed by atoms with E-state index < -0.39 is 5.60 Å². The number of benzene rings is 7. The Morgan fingerprint density at radius 3 is 1.84 bits per heavy atom. The Morgan fingerprint density at radius 1 is 0.586 bits per heavy atom. The molecule has 0 aromatic heterocycles. The maximum Gasteiger partial charge on any atom is 0.178 e. The second-order valence-electron chi connectivity index (χ2n) is 18.2. The van der Waals surface area contributed by atoms with Crippen molar-refractivity contribution in [3.05, 3.63) is 161 Å². The first kappa shape index (κ1) is 36.9. The zero-order valence-corrected chi connectivity index (χ0v) is 35.3. The third-order valence-corrected chi connectivity index (χ3v) is 14.0. The van der Waals surface area contributed by atoms with Crippen LogP contribution in [0.1, 0.15) is 74.8 Å². The molecule has 0 amide bonds. The smallest absolute Gasteiger partial charge is 0.178 e. The molecule has 58 heavy (non-hydrogen) atoms. The Morgan fingerprint density at radius 2 is 1.19 bits per heavy atom. The monoisotopic (exact) mass is 778 g/mol. The molecular weight excluding hydrogens is 729 g/mol. The molecule has 0 unspecified atom stereocenters. The molecule has 3 aliphatic rings. The van der Waals surface area contributed by atoms with Gasteiger partial charge >= 0.3 is 0 Å². The first-order valence-corrected chi connectivity index (χ1v) is 21.7. The Labute approximate surface area is 347 Å². The predicted octanol–water partition coefficient (Wildman–Crippen LogP) is 14.3. The van der Waals surface area contributed by atoms with Gasteiger partial charge in [0.2, 0.25) is 0 Å². The molecule has 1 aliphatic heterocycles. The Balaban J connectivity index is 1.34. The Bertz CT molecular complexity index is 2720. The number of ether oxygens (including phenoxy) is 3. The largest absolute Gasteiger partial charge is 0.497 e. The van der Waals surface area contributed by atoms with Crippen LogP contribution in [-0.4, -0.2) is 20.5 Å². The van der Waals surface area contributed by atoms with E-state index in [2.05, 4.69) is 149 Å². The molecule has 0 radical (unpaired) electrons. The summed E-state index contributed by atoms with van der Waals surface area (Å²) in [6, 6.07) is 46.4. The lowest BCUT2D eigenvalue weighted by atomic mass is 9.52. The van der Waals surface area contributed by atoms with Crippen molar-refractivity contribution in [3.8, 4) is 39.5 Å². The number of rotatable bonds is 6. The quantitative estimate of drug-likeness (QED) is 0.157. The van der Waals surface area contributed by atoms with Crippen LogP contribution in [0.2, 0.25) is 0 Å². The lowest BCUT2D eigenvalue weighted by Crippen LogP contribution is -2.44. The van der Waals surface area contributed by atoms with Crippen molar-refractivity contribution >= 4 is 39.4 Å². The molecule has 1 saturated carbocycles. The van der Waals surface area contributed by atoms with Crippen molar-refractivity contribution in [2.45, 2.75) is 62.9 Å². The average Bonchev–Trinajstić information content (AvgIpc) is 3.50. The second-order valence-corrected chi connectivity index (χ2v) is 19.1. The maximum absolute atomic E-state index is 7.89. The highest BCUT2D eigenvalue weighted by Crippen LogP contribution is 2.67. The van der Waals surface area contributed by atoms with Crippen LogP contribution in [0.5, 0.6) is 17.2 Å². The molecule has 0 bridgehead atoms. The third kappa shape index (κ3) is 5.55. The maximum atomic E-state index is 7.89. The molecule has 0 saturated heterocycles. The minimum atomic E-state index is -0.922. The van der Waals surface area contributed by atoms with E-state index in [0.29, 0.717) is 0 Å². The average molecular weight is 779 g/mol. The van der Waals surface area contributed by atoms with Gasteiger partial charge in [-0.2, -0.15) is 0 Å². The molecule has 290 valence electrons. The van der Waals surface area contributed by atoms with Gasteiger partial charge in [0.05, 0.1) is 14.2 Å². The highest BCUT2D eigenvalue weighted by atomic mass is 32.2. The first-order valence-electron chi connectivity index (χ1n) is 20.5. The SMILES string of the molecule is COc1ccc(C2(c3ccc(OC)cc3)C=Cc3c4c(c5cc(SC)c(-c6cccc7ccccc67)cc5c3O2)-c2ccccc2C42CC(C)(C)CC(C)(C)C2)cc1. The first-order chi connectivity index (χ1) is 28.0. The van der Waals surface area contributed by atoms with Crippen LogP contribution < -0.4 is 14.2 Å². The summed E-state index contributed by atoms with van der Waals surface area (Å²) in [5.41, 5.74) is 10.5. The highest BCUT2D eigenvalue weighted by Gasteiger charge is 2.55. The molecule has 7 aromatic carbocycles. The summed E-state index contributed by atoms with van der Waals surface area (Å²) in [4.78, 5) is 1.26. The fourth-order valence-corrected chi connectivity index (χ4v) is 12.3. The summed E-state index contributed by atoms with van der Waals surface area (Å²) < 4.78 is 19.2. The van der Waals surface area contributed by atoms with Gasteiger partial charge in [0, 0.05) is 32.4 Å². The molecule has 3 nitrogen and oxygen atoms in total. The standard InChI is InChI=1S/C54H50O3S/c1-51(2)31-52(3,4)33-53(32-51)46-18-11-10-16-41(46)48-44-30-47(58-7)43(40-17-12-14-34-13-8-9-15-39(34)40)29-45(44)50-42(49(48)53)27-28-54(57-50,35-19-23-37(55-5)24-20-35)36-21-25-38(56-6)26-22-36/h8-30H,31-33H2,1-7H3. The van der Waals surface area contributed by atoms with Crippen LogP contribution in [0.15, 0.2) is 138 Å². The summed E-state index contributed by atoms with van der Waals surface area (Å²) in [6.45, 7) is 9.93. The van der Waals surface area contributed by atoms with E-state index in [-0.39, 0.29) is 16.2 Å². The Hall–Kier alpha value is -5.45. The molecule has 0 atom stereocenters. The predicted molar refractivity (Wildman–Crippen MR) is 243 cm³/mol. The number of hydrogen-bond acceptors (Lipinski definition) is 4. The highest BCUT2D eigenvalue weighted by molar-refractivity contribution is 7.98. The van der Waals surface area contributed by atoms with E-state index in [1.54, 1.807) is 14.2 Å². The van der Waals surface area contributed by atoms with Gasteiger partial charge in [0.25, 0.3) is 0 Å². The minimum absolute atomic E-state index is 0.135. The van der Waals surface area contributed by atoms with Crippen molar-refractivity contribution in [2.24, 2.45) is 10.8 Å². The van der Waals surface area contributed by atoms with Gasteiger partial charge in [-0.15, -0.1) is 11.8 Å². The van der Waals surface area contributed by atoms with E-state index >= 15 is 0 Å². The molecule has 10 rings (SSSR count). The van der Waals surface area contributed by atoms with E-state index in [9.17, 15) is 0 Å². The van der Waals surface area contributed by atoms with Crippen LogP contribution in [0.4, 0.5) is 0 Å². The molecule has 1 heterocycles. The number of fused-ring (bicyclic) bond motifs is 11. The van der Waals surface area contributed by atoms with Crippen molar-refractivity contribution in [2.75, 3.05) is 20.5 Å². The zero-order chi connectivity index (χ0) is 40.0. The molecule has 7 aromatic rings. The molecular formula is C54H50O3S. The number of hydrogen-bond donors (Lipinski definition) is 0. The molecule has 1 fully saturated rings. The fourth-order valence-electron chi connectivity index (χ4n) is 11.7. The van der Waals surface area contributed by atoms with Crippen molar-refractivity contribution in [1.82, 2.24) is 0 Å². The van der Waals surface area contributed by atoms with E-state index in [1.807, 2.05) is 36.0 Å². The summed E-state index contributed by atoms with van der Waals surface area (Å²) in [7, 11) is 3.43. The molecule has 4 heteroatoms. The Kier molecular flexibility index (Phi) is 8.45. The summed E-state index contributed by atoms with van der Waals surface area (Å²) >= 11 is 1.83. The van der Waals surface area contributed by atoms with E-state index in [0.717, 1.165) is 46.6 Å². The van der Waals surface area contributed by atoms with Crippen molar-refractivity contribution < 1.29 is 14.2 Å². The van der Waals surface area contributed by atoms with Gasteiger partial charge in [-0.05, 0) is 128 Å². The zero-order valence-electron chi connectivity index (χ0n) is 34.5. The van der Waals surface area contributed by atoms with Gasteiger partial charge in [0.15, 0.2) is 5.60 Å². The van der Waals surface area contributed by atoms with Gasteiger partial charge in [-0.1, -0.05) is 125 Å². The summed E-state index contributed by atoms with van der Waals surface area (Å²) in [5, 5.41) is 4.86. The topological polar surface area (TPSA) is 27.7 Å². The van der Waals surface area contributed by atoms with Crippen LogP contribution in [0.3, 0.4) is 0 Å². The van der Waals surface area contributed by atoms with Crippen molar-refractivity contribution in [1.29, 1.82) is 0 Å². The second kappa shape index (κ2) is 13.3. The van der Waals surface area contributed by atoms with Gasteiger partial charge in [-0.25, -0.2) is 0 Å². The molecule has 1 spiro atoms. The van der Waals surface area contributed by atoms with Gasteiger partial charge < -0.3 is 14.2 Å². The van der Waals surface area contributed by atoms with Crippen LogP contribution in [-0.2, 0) is 11.0 Å². The van der Waals surface area contributed by atoms with Gasteiger partial charge in [-0.3, -0.25) is 0 Å². The van der Waals surface area contributed by atoms with Gasteiger partial charge in [0.1, 0.15) is 17.2 Å². The van der Waals surface area contributed by atoms with E-state index in [4.69, 9.17) is 14.2 Å². The molecule has 2 aliphatic carbocycles. The summed E-state index contributed by atoms with van der Waals surface area (Å²) in [6.07, 6.45) is 10.3. The number of methoxy groups -OCH3 is 2. The van der Waals surface area contributed by atoms with E-state index in [1.165, 1.54) is 66.4 Å². The summed E-state index contributed by atoms with van der Waals surface area (Å²) in [5.74, 6) is 2.55. The van der Waals surface area contributed by atoms with Crippen LogP contribution in [0, 0.1) is 10.8 Å². The van der Waals surface area contributed by atoms with Crippen molar-refractivity contribution in [3.63, 3.8) is 0 Å². The van der Waals surface area contributed by atoms with Crippen LogP contribution in [0.25, 0.3) is 49.9 Å². The lowest BCUT2D eigenvalue weighted by Gasteiger charge is -2.52. The fraction of sp³-hybridized carbons (Fsp3) is 0.259. The molecule has 0 N–H and O–H groups in total.